The van der Waals surface area contributed by atoms with E-state index in [0.717, 1.165) is 0 Å². The van der Waals surface area contributed by atoms with Crippen LogP contribution in [0.15, 0.2) is 0 Å². The highest BCUT2D eigenvalue weighted by Crippen LogP contribution is 2.20. The zero-order valence-electron chi connectivity index (χ0n) is 45.9. The third kappa shape index (κ3) is 26.5. The molecule has 436 valence electrons. The zero-order valence-corrected chi connectivity index (χ0v) is 45.9. The van der Waals surface area contributed by atoms with Crippen molar-refractivity contribution in [3.8, 4) is 0 Å². The molecule has 0 unspecified atom stereocenters. The number of aromatic nitrogens is 3. The maximum absolute atomic E-state index is 12.2. The minimum atomic E-state index is -0.323. The van der Waals surface area contributed by atoms with E-state index in [1.54, 1.807) is 71.6 Å². The molecule has 35 nitrogen and oxygen atoms in total. The van der Waals surface area contributed by atoms with Crippen molar-refractivity contribution in [2.75, 3.05) is 222 Å². The van der Waals surface area contributed by atoms with Gasteiger partial charge in [0.05, 0.1) is 6.67 Å². The van der Waals surface area contributed by atoms with Crippen LogP contribution >= 0.6 is 0 Å². The van der Waals surface area contributed by atoms with Crippen molar-refractivity contribution >= 4 is 48.0 Å². The lowest BCUT2D eigenvalue weighted by molar-refractivity contribution is -0.0338. The third-order valence-electron chi connectivity index (χ3n) is 8.76. The molecule has 0 atom stereocenters. The third-order valence-corrected chi connectivity index (χ3v) is 8.76. The molecule has 1 aromatic rings. The minimum Gasteiger partial charge on any atom is -0.388 e. The number of carbonyl (C=O) groups is 5. The van der Waals surface area contributed by atoms with Gasteiger partial charge < -0.3 is 92.9 Å². The van der Waals surface area contributed by atoms with Crippen molar-refractivity contribution in [2.45, 2.75) is 12.3 Å². The van der Waals surface area contributed by atoms with Crippen LogP contribution in [0.2, 0.25) is 0 Å². The Bertz CT molecular complexity index is 1530. The van der Waals surface area contributed by atoms with Gasteiger partial charge in [-0.25, -0.2) is 24.0 Å². The first-order chi connectivity index (χ1) is 36.1. The summed E-state index contributed by atoms with van der Waals surface area (Å²) in [5.41, 5.74) is 0. The fourth-order valence-corrected chi connectivity index (χ4v) is 5.97. The summed E-state index contributed by atoms with van der Waals surface area (Å²) < 4.78 is 70.0. The predicted octanol–water partition coefficient (Wildman–Crippen LogP) is -1.97. The first kappa shape index (κ1) is 69.2. The molecule has 4 heterocycles. The Kier molecular flexibility index (Phi) is 39.1. The summed E-state index contributed by atoms with van der Waals surface area (Å²) in [4.78, 5) is 82.7. The second kappa shape index (κ2) is 42.4. The molecule has 0 aromatic carbocycles. The van der Waals surface area contributed by atoms with Crippen LogP contribution in [0.1, 0.15) is 0 Å². The summed E-state index contributed by atoms with van der Waals surface area (Å²) in [6, 6.07) is -1.40. The molecule has 0 radical (unpaired) electrons. The fraction of sp³-hybridized carbons (Fsp3) is 0.800. The summed E-state index contributed by atoms with van der Waals surface area (Å²) in [5.74, 6) is 1.11. The Morgan fingerprint density at radius 3 is 1.00 bits per heavy atom. The van der Waals surface area contributed by atoms with E-state index in [9.17, 15) is 24.0 Å². The second-order valence-corrected chi connectivity index (χ2v) is 14.9. The first-order valence-electron chi connectivity index (χ1n) is 22.2. The number of rotatable bonds is 29. The molecule has 10 amide bonds. The summed E-state index contributed by atoms with van der Waals surface area (Å²) >= 11 is 0. The molecule has 0 saturated carbocycles. The molecule has 4 rings (SSSR count). The molecule has 1 aromatic heterocycles. The monoisotopic (exact) mass is 1090 g/mol. The van der Waals surface area contributed by atoms with Gasteiger partial charge in [0.1, 0.15) is 107 Å². The molecule has 0 aliphatic carbocycles. The largest absolute Gasteiger partial charge is 0.388 e. The Morgan fingerprint density at radius 2 is 0.720 bits per heavy atom. The predicted molar refractivity (Wildman–Crippen MR) is 264 cm³/mol. The van der Waals surface area contributed by atoms with E-state index in [-0.39, 0.29) is 143 Å². The highest BCUT2D eigenvalue weighted by Gasteiger charge is 2.39. The standard InChI is InChI=1S/C15H30N6O6.C10H20N4O5.C9H20N2O5.C4H6N4O2.C2H6O/c1-22-7-19(8-23-2)13-16-14(20(9-24-3)10-25-4)18-15(17-13)21(11-26-5)12-27-6;1-17-6-12-4-11-9(15)13(7-18-2)5-14(8-19-3)10(12)16;1-13-5-10(6-14-2)9(12)11(7-15-3)8-16-4;9-3-5-1-2(7-3)8-4(10)6-1;1-3-2/h7-12H2,1-6H3;4-8H2,1-3H3,(H,11,15);5-8H2,1-4H3;1-2H,(H2,5,7,9)(H2,6,8,10);1-2H3. The van der Waals surface area contributed by atoms with E-state index in [2.05, 4.69) is 46.3 Å². The molecule has 5 N–H and O–H groups in total. The van der Waals surface area contributed by atoms with Crippen molar-refractivity contribution < 1.29 is 90.3 Å². The molecule has 35 heteroatoms. The van der Waals surface area contributed by atoms with Gasteiger partial charge in [-0.2, -0.15) is 15.0 Å². The number of ether oxygens (including phenoxy) is 14. The van der Waals surface area contributed by atoms with Crippen molar-refractivity contribution in [1.82, 2.24) is 66.0 Å². The molecule has 3 saturated heterocycles. The van der Waals surface area contributed by atoms with Crippen LogP contribution in [0, 0.1) is 0 Å². The number of nitrogens with one attached hydrogen (secondary N) is 5. The summed E-state index contributed by atoms with van der Waals surface area (Å²) in [6.45, 7) is 2.40. The molecule has 3 aliphatic heterocycles. The number of amides is 10. The van der Waals surface area contributed by atoms with Gasteiger partial charge in [-0.05, 0) is 0 Å². The average molecular weight is 1090 g/mol. The number of anilines is 3. The van der Waals surface area contributed by atoms with E-state index >= 15 is 0 Å². The fourth-order valence-electron chi connectivity index (χ4n) is 5.97. The van der Waals surface area contributed by atoms with E-state index < -0.39 is 0 Å². The smallest absolute Gasteiger partial charge is 0.327 e. The Morgan fingerprint density at radius 1 is 0.440 bits per heavy atom. The van der Waals surface area contributed by atoms with Crippen LogP contribution in [-0.4, -0.2) is 289 Å². The number of methoxy groups -OCH3 is 14. The number of hydrogen-bond donors (Lipinski definition) is 5. The van der Waals surface area contributed by atoms with Crippen LogP contribution in [0.4, 0.5) is 41.8 Å². The lowest BCUT2D eigenvalue weighted by Crippen LogP contribution is -2.58. The van der Waals surface area contributed by atoms with Crippen LogP contribution in [-0.2, 0) is 66.3 Å². The van der Waals surface area contributed by atoms with Gasteiger partial charge in [0.15, 0.2) is 0 Å². The molecule has 3 aliphatic rings. The van der Waals surface area contributed by atoms with E-state index in [0.29, 0.717) is 17.8 Å². The Labute approximate surface area is 438 Å². The highest BCUT2D eigenvalue weighted by molar-refractivity contribution is 5.84. The van der Waals surface area contributed by atoms with Crippen LogP contribution in [0.25, 0.3) is 0 Å². The van der Waals surface area contributed by atoms with Crippen molar-refractivity contribution in [3.05, 3.63) is 0 Å². The lowest BCUT2D eigenvalue weighted by Gasteiger charge is -2.36. The van der Waals surface area contributed by atoms with Gasteiger partial charge in [0.2, 0.25) is 17.8 Å². The first-order valence-corrected chi connectivity index (χ1v) is 22.2. The number of urea groups is 5. The van der Waals surface area contributed by atoms with Gasteiger partial charge in [-0.3, -0.25) is 39.2 Å². The zero-order chi connectivity index (χ0) is 56.6. The van der Waals surface area contributed by atoms with Gasteiger partial charge in [-0.1, -0.05) is 0 Å². The number of hydrogen-bond acceptors (Lipinski definition) is 25. The van der Waals surface area contributed by atoms with E-state index in [1.807, 2.05) is 0 Å². The van der Waals surface area contributed by atoms with Crippen molar-refractivity contribution in [1.29, 1.82) is 0 Å². The van der Waals surface area contributed by atoms with Gasteiger partial charge >= 0.3 is 30.2 Å². The summed E-state index contributed by atoms with van der Waals surface area (Å²) in [7, 11) is 23.2. The van der Waals surface area contributed by atoms with E-state index in [1.165, 1.54) is 74.3 Å². The SMILES string of the molecule is COC.COCN(COC)C(=O)N(COC)COC.COCN(COC)c1nc(N(COC)COC)nc(N(COC)COC)n1.COCN1CN(COC)C(=O)N(COC)CNC1=O.O=C1NC2NC(=O)NC2N1. The highest BCUT2D eigenvalue weighted by atomic mass is 16.5. The quantitative estimate of drug-likeness (QED) is 0.0543. The lowest BCUT2D eigenvalue weighted by atomic mass is 10.4. The molecule has 0 spiro atoms. The van der Waals surface area contributed by atoms with Gasteiger partial charge in [-0.15, -0.1) is 0 Å². The van der Waals surface area contributed by atoms with E-state index in [4.69, 9.17) is 61.6 Å². The maximum atomic E-state index is 12.2. The van der Waals surface area contributed by atoms with Gasteiger partial charge in [0.25, 0.3) is 0 Å². The number of nitrogens with zero attached hydrogens (tertiary/aromatic N) is 11. The topological polar surface area (TPSA) is 339 Å². The molecular weight excluding hydrogens is 1010 g/mol. The Balaban J connectivity index is 0.00000100. The van der Waals surface area contributed by atoms with Crippen molar-refractivity contribution in [3.63, 3.8) is 0 Å². The summed E-state index contributed by atoms with van der Waals surface area (Å²) in [6.07, 6.45) is -0.583. The summed E-state index contributed by atoms with van der Waals surface area (Å²) in [5, 5.41) is 12.6. The average Bonchev–Trinajstić information content (AvgIpc) is 3.91. The molecule has 3 fully saturated rings. The van der Waals surface area contributed by atoms with Crippen molar-refractivity contribution in [2.24, 2.45) is 0 Å². The maximum Gasteiger partial charge on any atom is 0.327 e. The van der Waals surface area contributed by atoms with Crippen LogP contribution in [0.3, 0.4) is 0 Å². The normalized spacial score (nSPS) is 15.5. The second-order valence-electron chi connectivity index (χ2n) is 14.9. The molecular formula is C40H82N16O19. The van der Waals surface area contributed by atoms with Gasteiger partial charge in [0, 0.05) is 107 Å². The van der Waals surface area contributed by atoms with Crippen LogP contribution in [0.5, 0.6) is 0 Å². The molecule has 0 bridgehead atoms. The minimum absolute atomic E-state index is 0.0614. The van der Waals surface area contributed by atoms with Crippen LogP contribution < -0.4 is 41.3 Å². The molecule has 75 heavy (non-hydrogen) atoms. The number of carbonyl (C=O) groups excluding carboxylic acids is 5. The Hall–Kier alpha value is -5.80. The number of fused-ring (bicyclic) bond motifs is 1.